The molecule has 0 radical (unpaired) electrons. The molecule has 0 saturated heterocycles. The minimum Gasteiger partial charge on any atom is -0.333 e. The number of benzene rings is 1. The minimum atomic E-state index is 0.0277. The van der Waals surface area contributed by atoms with Gasteiger partial charge in [0.25, 0.3) is 0 Å². The number of rotatable bonds is 9. The molecule has 29 heavy (non-hydrogen) atoms. The fourth-order valence-electron chi connectivity index (χ4n) is 4.03. The Morgan fingerprint density at radius 2 is 1.72 bits per heavy atom. The van der Waals surface area contributed by atoms with Gasteiger partial charge in [-0.25, -0.2) is 0 Å². The smallest absolute Gasteiger partial charge is 0.242 e. The summed E-state index contributed by atoms with van der Waals surface area (Å²) in [4.78, 5) is 31.2. The van der Waals surface area contributed by atoms with Crippen LogP contribution in [0.2, 0.25) is 0 Å². The van der Waals surface area contributed by atoms with Crippen molar-refractivity contribution >= 4 is 23.2 Å². The van der Waals surface area contributed by atoms with Crippen LogP contribution in [0.15, 0.2) is 47.8 Å². The van der Waals surface area contributed by atoms with Crippen LogP contribution in [0.4, 0.5) is 0 Å². The molecule has 1 aromatic heterocycles. The number of carbonyl (C=O) groups excluding carboxylic acids is 2. The van der Waals surface area contributed by atoms with Crippen LogP contribution in [0, 0.1) is 5.92 Å². The van der Waals surface area contributed by atoms with Crippen molar-refractivity contribution in [2.24, 2.45) is 5.92 Å². The molecule has 1 aromatic carbocycles. The highest BCUT2D eigenvalue weighted by Gasteiger charge is 2.28. The number of hydrogen-bond acceptors (Lipinski definition) is 3. The normalized spacial score (nSPS) is 14.5. The lowest BCUT2D eigenvalue weighted by Gasteiger charge is -2.31. The minimum absolute atomic E-state index is 0.0277. The maximum Gasteiger partial charge on any atom is 0.242 e. The molecule has 156 valence electrons. The molecule has 5 heteroatoms. The van der Waals surface area contributed by atoms with E-state index in [2.05, 4.69) is 13.0 Å². The molecule has 1 fully saturated rings. The van der Waals surface area contributed by atoms with Gasteiger partial charge >= 0.3 is 0 Å². The Bertz CT molecular complexity index is 754. The molecule has 1 aliphatic rings. The molecule has 2 amide bonds. The lowest BCUT2D eigenvalue weighted by atomic mass is 9.88. The van der Waals surface area contributed by atoms with Crippen LogP contribution in [0.25, 0.3) is 0 Å². The molecular formula is C24H32N2O2S. The Hall–Kier alpha value is -2.14. The first-order valence-electron chi connectivity index (χ1n) is 10.8. The Labute approximate surface area is 178 Å². The third-order valence-corrected chi connectivity index (χ3v) is 6.44. The first-order valence-corrected chi connectivity index (χ1v) is 11.7. The summed E-state index contributed by atoms with van der Waals surface area (Å²) in [6.45, 7) is 4.05. The molecule has 0 aliphatic heterocycles. The largest absolute Gasteiger partial charge is 0.333 e. The van der Waals surface area contributed by atoms with Crippen molar-refractivity contribution in [1.82, 2.24) is 9.80 Å². The van der Waals surface area contributed by atoms with Gasteiger partial charge in [-0.2, -0.15) is 0 Å². The van der Waals surface area contributed by atoms with Gasteiger partial charge in [0.05, 0.1) is 13.1 Å². The van der Waals surface area contributed by atoms with E-state index in [0.29, 0.717) is 19.6 Å². The van der Waals surface area contributed by atoms with Crippen molar-refractivity contribution in [1.29, 1.82) is 0 Å². The number of thiophene rings is 1. The van der Waals surface area contributed by atoms with Crippen molar-refractivity contribution in [2.45, 2.75) is 58.5 Å². The van der Waals surface area contributed by atoms with Gasteiger partial charge in [0.15, 0.2) is 0 Å². The summed E-state index contributed by atoms with van der Waals surface area (Å²) in [6, 6.07) is 14.2. The molecule has 0 atom stereocenters. The van der Waals surface area contributed by atoms with Gasteiger partial charge < -0.3 is 9.80 Å². The van der Waals surface area contributed by atoms with E-state index in [1.807, 2.05) is 51.6 Å². The van der Waals surface area contributed by atoms with Crippen LogP contribution in [-0.2, 0) is 22.7 Å². The summed E-state index contributed by atoms with van der Waals surface area (Å²) >= 11 is 1.66. The topological polar surface area (TPSA) is 40.6 Å². The molecule has 1 heterocycles. The second-order valence-electron chi connectivity index (χ2n) is 7.91. The first kappa shape index (κ1) is 21.6. The van der Waals surface area contributed by atoms with Crippen molar-refractivity contribution in [3.63, 3.8) is 0 Å². The standard InChI is InChI=1S/C24H32N2O2S/c1-2-15-25(24(28)21-12-7-4-8-13-21)19-23(27)26(18-22-14-9-16-29-22)17-20-10-5-3-6-11-20/h3,5-6,9-11,14,16,21H,2,4,7-8,12-13,15,17-19H2,1H3. The summed E-state index contributed by atoms with van der Waals surface area (Å²) in [5.41, 5.74) is 1.11. The van der Waals surface area contributed by atoms with E-state index in [-0.39, 0.29) is 24.3 Å². The van der Waals surface area contributed by atoms with Crippen LogP contribution in [0.3, 0.4) is 0 Å². The second kappa shape index (κ2) is 11.1. The average Bonchev–Trinajstić information content (AvgIpc) is 3.27. The molecule has 3 rings (SSSR count). The highest BCUT2D eigenvalue weighted by molar-refractivity contribution is 7.09. The molecule has 0 unspecified atom stereocenters. The summed E-state index contributed by atoms with van der Waals surface area (Å²) in [5, 5.41) is 2.04. The van der Waals surface area contributed by atoms with Crippen molar-refractivity contribution in [3.05, 3.63) is 58.3 Å². The van der Waals surface area contributed by atoms with E-state index in [1.54, 1.807) is 11.3 Å². The first-order chi connectivity index (χ1) is 14.2. The zero-order valence-electron chi connectivity index (χ0n) is 17.4. The summed E-state index contributed by atoms with van der Waals surface area (Å²) < 4.78 is 0. The SMILES string of the molecule is CCCN(CC(=O)N(Cc1ccccc1)Cc1cccs1)C(=O)C1CCCCC1. The zero-order valence-corrected chi connectivity index (χ0v) is 18.2. The monoisotopic (exact) mass is 412 g/mol. The second-order valence-corrected chi connectivity index (χ2v) is 8.94. The lowest BCUT2D eigenvalue weighted by molar-refractivity contribution is -0.144. The molecule has 1 aliphatic carbocycles. The Balaban J connectivity index is 1.70. The maximum absolute atomic E-state index is 13.3. The van der Waals surface area contributed by atoms with Gasteiger partial charge in [-0.15, -0.1) is 11.3 Å². The predicted octanol–water partition coefficient (Wildman–Crippen LogP) is 5.10. The van der Waals surface area contributed by atoms with Gasteiger partial charge in [0.1, 0.15) is 0 Å². The Morgan fingerprint density at radius 3 is 2.38 bits per heavy atom. The molecule has 2 aromatic rings. The van der Waals surface area contributed by atoms with Gasteiger partial charge in [-0.05, 0) is 36.3 Å². The summed E-state index contributed by atoms with van der Waals surface area (Å²) in [6.07, 6.45) is 6.29. The summed E-state index contributed by atoms with van der Waals surface area (Å²) in [7, 11) is 0. The number of carbonyl (C=O) groups is 2. The lowest BCUT2D eigenvalue weighted by Crippen LogP contribution is -2.45. The highest BCUT2D eigenvalue weighted by Crippen LogP contribution is 2.25. The maximum atomic E-state index is 13.3. The fraction of sp³-hybridized carbons (Fsp3) is 0.500. The van der Waals surface area contributed by atoms with Gasteiger partial charge in [0, 0.05) is 23.9 Å². The van der Waals surface area contributed by atoms with E-state index in [1.165, 1.54) is 6.42 Å². The van der Waals surface area contributed by atoms with Crippen LogP contribution >= 0.6 is 11.3 Å². The van der Waals surface area contributed by atoms with E-state index in [4.69, 9.17) is 0 Å². The van der Waals surface area contributed by atoms with E-state index >= 15 is 0 Å². The number of amides is 2. The third-order valence-electron chi connectivity index (χ3n) is 5.58. The van der Waals surface area contributed by atoms with Gasteiger partial charge in [-0.3, -0.25) is 9.59 Å². The van der Waals surface area contributed by atoms with E-state index in [9.17, 15) is 9.59 Å². The van der Waals surface area contributed by atoms with Crippen molar-refractivity contribution < 1.29 is 9.59 Å². The fourth-order valence-corrected chi connectivity index (χ4v) is 4.75. The zero-order chi connectivity index (χ0) is 20.5. The van der Waals surface area contributed by atoms with Crippen molar-refractivity contribution in [3.8, 4) is 0 Å². The molecule has 0 bridgehead atoms. The summed E-state index contributed by atoms with van der Waals surface area (Å²) in [5.74, 6) is 0.304. The average molecular weight is 413 g/mol. The van der Waals surface area contributed by atoms with E-state index in [0.717, 1.165) is 42.5 Å². The molecular weight excluding hydrogens is 380 g/mol. The molecule has 4 nitrogen and oxygen atoms in total. The van der Waals surface area contributed by atoms with Gasteiger partial charge in [0.2, 0.25) is 11.8 Å². The van der Waals surface area contributed by atoms with Crippen LogP contribution in [-0.4, -0.2) is 34.7 Å². The molecule has 0 spiro atoms. The molecule has 1 saturated carbocycles. The predicted molar refractivity (Wildman–Crippen MR) is 118 cm³/mol. The van der Waals surface area contributed by atoms with Crippen LogP contribution in [0.5, 0.6) is 0 Å². The number of hydrogen-bond donors (Lipinski definition) is 0. The van der Waals surface area contributed by atoms with Crippen LogP contribution < -0.4 is 0 Å². The van der Waals surface area contributed by atoms with E-state index < -0.39 is 0 Å². The third kappa shape index (κ3) is 6.43. The quantitative estimate of drug-likeness (QED) is 0.575. The van der Waals surface area contributed by atoms with Crippen LogP contribution in [0.1, 0.15) is 55.9 Å². The highest BCUT2D eigenvalue weighted by atomic mass is 32.1. The van der Waals surface area contributed by atoms with Gasteiger partial charge in [-0.1, -0.05) is 62.6 Å². The van der Waals surface area contributed by atoms with Crippen molar-refractivity contribution in [2.75, 3.05) is 13.1 Å². The molecule has 0 N–H and O–H groups in total. The Morgan fingerprint density at radius 1 is 0.966 bits per heavy atom. The Kier molecular flexibility index (Phi) is 8.29. The number of nitrogens with zero attached hydrogens (tertiary/aromatic N) is 2.